The van der Waals surface area contributed by atoms with Gasteiger partial charge in [-0.3, -0.25) is 14.0 Å². The molecule has 0 saturated heterocycles. The minimum atomic E-state index is -0.720. The van der Waals surface area contributed by atoms with Crippen molar-refractivity contribution >= 4 is 34.7 Å². The summed E-state index contributed by atoms with van der Waals surface area (Å²) in [6, 6.07) is 18.4. The number of benzene rings is 2. The molecule has 8 nitrogen and oxygen atoms in total. The predicted molar refractivity (Wildman–Crippen MR) is 136 cm³/mol. The van der Waals surface area contributed by atoms with Gasteiger partial charge in [-0.2, -0.15) is 0 Å². The fourth-order valence-corrected chi connectivity index (χ4v) is 3.89. The quantitative estimate of drug-likeness (QED) is 0.389. The van der Waals surface area contributed by atoms with Crippen molar-refractivity contribution in [1.82, 2.24) is 19.5 Å². The molecule has 0 fully saturated rings. The lowest BCUT2D eigenvalue weighted by molar-refractivity contribution is -0.118. The number of hydrogen-bond donors (Lipinski definition) is 2. The van der Waals surface area contributed by atoms with Gasteiger partial charge < -0.3 is 10.6 Å². The first-order valence-corrected chi connectivity index (χ1v) is 11.7. The van der Waals surface area contributed by atoms with Crippen LogP contribution in [0.15, 0.2) is 77.7 Å². The summed E-state index contributed by atoms with van der Waals surface area (Å²) in [4.78, 5) is 38.4. The van der Waals surface area contributed by atoms with E-state index < -0.39 is 6.04 Å². The number of nitrogens with zero attached hydrogens (tertiary/aromatic N) is 3. The van der Waals surface area contributed by atoms with Gasteiger partial charge in [0.25, 0.3) is 5.91 Å². The maximum atomic E-state index is 13.1. The third kappa shape index (κ3) is 5.96. The molecule has 2 aromatic carbocycles. The van der Waals surface area contributed by atoms with Crippen LogP contribution in [-0.2, 0) is 11.3 Å². The molecule has 0 radical (unpaired) electrons. The average molecular weight is 492 g/mol. The molecule has 4 aromatic rings. The zero-order chi connectivity index (χ0) is 24.9. The van der Waals surface area contributed by atoms with E-state index in [1.807, 2.05) is 26.0 Å². The van der Waals surface area contributed by atoms with E-state index >= 15 is 0 Å². The Labute approximate surface area is 207 Å². The Balaban J connectivity index is 1.48. The molecule has 4 rings (SSSR count). The highest BCUT2D eigenvalue weighted by Crippen LogP contribution is 2.15. The summed E-state index contributed by atoms with van der Waals surface area (Å²) in [5.74, 6) is -0.477. The number of carbonyl (C=O) groups excluding carboxylic acids is 2. The number of amides is 2. The molecule has 0 spiro atoms. The topological polar surface area (TPSA) is 97.5 Å². The molecular formula is C26H26ClN5O3. The van der Waals surface area contributed by atoms with E-state index in [1.54, 1.807) is 60.8 Å². The zero-order valence-electron chi connectivity index (χ0n) is 19.4. The second-order valence-electron chi connectivity index (χ2n) is 8.72. The summed E-state index contributed by atoms with van der Waals surface area (Å²) in [7, 11) is 0. The second kappa shape index (κ2) is 10.6. The molecule has 0 aliphatic heterocycles. The summed E-state index contributed by atoms with van der Waals surface area (Å²) < 4.78 is 2.86. The minimum absolute atomic E-state index is 0.185. The molecule has 2 heterocycles. The number of nitrogens with one attached hydrogen (secondary N) is 2. The van der Waals surface area contributed by atoms with Crippen LogP contribution in [0.1, 0.15) is 36.2 Å². The number of anilines is 1. The molecule has 0 aliphatic carbocycles. The lowest BCUT2D eigenvalue weighted by atomic mass is 10.0. The maximum Gasteiger partial charge on any atom is 0.350 e. The van der Waals surface area contributed by atoms with Crippen LogP contribution < -0.4 is 16.3 Å². The normalized spacial score (nSPS) is 12.0. The third-order valence-corrected chi connectivity index (χ3v) is 5.70. The number of halogens is 1. The SMILES string of the molecule is CC(C)CC(NC(=O)c1ccc(Cl)cc1)C(=O)Nc1cccc(Cn2nc3ccccn3c2=O)c1. The van der Waals surface area contributed by atoms with Gasteiger partial charge in [-0.25, -0.2) is 9.48 Å². The Morgan fingerprint density at radius 1 is 1.03 bits per heavy atom. The van der Waals surface area contributed by atoms with Gasteiger partial charge in [0.15, 0.2) is 5.65 Å². The fourth-order valence-electron chi connectivity index (χ4n) is 3.77. The monoisotopic (exact) mass is 491 g/mol. The second-order valence-corrected chi connectivity index (χ2v) is 9.16. The number of fused-ring (bicyclic) bond motifs is 1. The first kappa shape index (κ1) is 24.2. The van der Waals surface area contributed by atoms with E-state index in [4.69, 9.17) is 11.6 Å². The minimum Gasteiger partial charge on any atom is -0.340 e. The highest BCUT2D eigenvalue weighted by atomic mass is 35.5. The third-order valence-electron chi connectivity index (χ3n) is 5.45. The van der Waals surface area contributed by atoms with E-state index in [0.717, 1.165) is 5.56 Å². The largest absolute Gasteiger partial charge is 0.350 e. The van der Waals surface area contributed by atoms with E-state index in [0.29, 0.717) is 28.3 Å². The molecule has 2 aromatic heterocycles. The van der Waals surface area contributed by atoms with Gasteiger partial charge in [0.05, 0.1) is 6.54 Å². The van der Waals surface area contributed by atoms with Crippen molar-refractivity contribution in [3.8, 4) is 0 Å². The summed E-state index contributed by atoms with van der Waals surface area (Å²) in [5, 5.41) is 10.6. The maximum absolute atomic E-state index is 13.1. The Morgan fingerprint density at radius 3 is 2.51 bits per heavy atom. The molecule has 9 heteroatoms. The molecule has 0 bridgehead atoms. The molecule has 2 amide bonds. The van der Waals surface area contributed by atoms with Crippen molar-refractivity contribution in [2.24, 2.45) is 5.92 Å². The average Bonchev–Trinajstić information content (AvgIpc) is 3.14. The molecule has 0 saturated carbocycles. The van der Waals surface area contributed by atoms with Gasteiger partial charge in [0.1, 0.15) is 6.04 Å². The van der Waals surface area contributed by atoms with Crippen molar-refractivity contribution in [3.63, 3.8) is 0 Å². The van der Waals surface area contributed by atoms with E-state index in [-0.39, 0.29) is 30.0 Å². The smallest absolute Gasteiger partial charge is 0.340 e. The van der Waals surface area contributed by atoms with E-state index in [1.165, 1.54) is 9.08 Å². The summed E-state index contributed by atoms with van der Waals surface area (Å²) in [6.07, 6.45) is 2.15. The molecule has 1 unspecified atom stereocenters. The van der Waals surface area contributed by atoms with Crippen LogP contribution in [0, 0.1) is 5.92 Å². The Morgan fingerprint density at radius 2 is 1.80 bits per heavy atom. The van der Waals surface area contributed by atoms with Gasteiger partial charge in [0, 0.05) is 22.5 Å². The summed E-state index contributed by atoms with van der Waals surface area (Å²) in [5.41, 5.74) is 2.13. The molecule has 180 valence electrons. The lowest BCUT2D eigenvalue weighted by Crippen LogP contribution is -2.44. The first-order chi connectivity index (χ1) is 16.8. The standard InChI is InChI=1S/C26H26ClN5O3/c1-17(2)14-22(29-24(33)19-9-11-20(27)12-10-19)25(34)28-21-7-5-6-18(15-21)16-32-26(35)31-13-4-3-8-23(31)30-32/h3-13,15,17,22H,14,16H2,1-2H3,(H,28,34)(H,29,33). The molecule has 1 atom stereocenters. The van der Waals surface area contributed by atoms with Gasteiger partial charge in [-0.1, -0.05) is 43.6 Å². The van der Waals surface area contributed by atoms with Gasteiger partial charge in [-0.05, 0) is 66.4 Å². The van der Waals surface area contributed by atoms with E-state index in [2.05, 4.69) is 15.7 Å². The number of carbonyl (C=O) groups is 2. The lowest BCUT2D eigenvalue weighted by Gasteiger charge is -2.20. The van der Waals surface area contributed by atoms with Crippen molar-refractivity contribution in [1.29, 1.82) is 0 Å². The number of hydrogen-bond acceptors (Lipinski definition) is 4. The fraction of sp³-hybridized carbons (Fsp3) is 0.231. The van der Waals surface area contributed by atoms with Crippen LogP contribution >= 0.6 is 11.6 Å². The van der Waals surface area contributed by atoms with E-state index in [9.17, 15) is 14.4 Å². The summed E-state index contributed by atoms with van der Waals surface area (Å²) in [6.45, 7) is 4.23. The molecule has 0 aliphatic rings. The van der Waals surface area contributed by atoms with Crippen LogP contribution in [0.25, 0.3) is 5.65 Å². The number of rotatable bonds is 8. The Hall–Kier alpha value is -3.91. The van der Waals surface area contributed by atoms with Gasteiger partial charge in [-0.15, -0.1) is 5.10 Å². The van der Waals surface area contributed by atoms with Crippen LogP contribution in [0.2, 0.25) is 5.02 Å². The van der Waals surface area contributed by atoms with Gasteiger partial charge >= 0.3 is 5.69 Å². The highest BCUT2D eigenvalue weighted by molar-refractivity contribution is 6.30. The zero-order valence-corrected chi connectivity index (χ0v) is 20.2. The molecule has 2 N–H and O–H groups in total. The van der Waals surface area contributed by atoms with Crippen molar-refractivity contribution < 1.29 is 9.59 Å². The highest BCUT2D eigenvalue weighted by Gasteiger charge is 2.23. The molecule has 35 heavy (non-hydrogen) atoms. The van der Waals surface area contributed by atoms with Crippen LogP contribution in [0.5, 0.6) is 0 Å². The van der Waals surface area contributed by atoms with Crippen molar-refractivity contribution in [2.75, 3.05) is 5.32 Å². The van der Waals surface area contributed by atoms with Crippen LogP contribution in [0.4, 0.5) is 5.69 Å². The Kier molecular flexibility index (Phi) is 7.31. The van der Waals surface area contributed by atoms with Crippen molar-refractivity contribution in [2.45, 2.75) is 32.9 Å². The number of pyridine rings is 1. The summed E-state index contributed by atoms with van der Waals surface area (Å²) >= 11 is 5.90. The van der Waals surface area contributed by atoms with Gasteiger partial charge in [0.2, 0.25) is 5.91 Å². The Bertz CT molecular complexity index is 1410. The van der Waals surface area contributed by atoms with Crippen LogP contribution in [-0.4, -0.2) is 32.0 Å². The number of aromatic nitrogens is 3. The van der Waals surface area contributed by atoms with Crippen molar-refractivity contribution in [3.05, 3.63) is 99.6 Å². The van der Waals surface area contributed by atoms with Crippen LogP contribution in [0.3, 0.4) is 0 Å². The molecular weight excluding hydrogens is 466 g/mol. The first-order valence-electron chi connectivity index (χ1n) is 11.3. The predicted octanol–water partition coefficient (Wildman–Crippen LogP) is 3.98.